The maximum Gasteiger partial charge on any atom is 0.251 e. The van der Waals surface area contributed by atoms with Crippen LogP contribution in [0.15, 0.2) is 35.3 Å². The molecule has 2 N–H and O–H groups in total. The first kappa shape index (κ1) is 14.3. The van der Waals surface area contributed by atoms with E-state index in [4.69, 9.17) is 4.74 Å². The molecule has 0 amide bonds. The van der Waals surface area contributed by atoms with Gasteiger partial charge in [-0.05, 0) is 26.1 Å². The number of nitrogens with one attached hydrogen (secondary N) is 2. The van der Waals surface area contributed by atoms with Gasteiger partial charge in [0.1, 0.15) is 11.5 Å². The smallest absolute Gasteiger partial charge is 0.251 e. The fourth-order valence-corrected chi connectivity index (χ4v) is 2.67. The van der Waals surface area contributed by atoms with Crippen LogP contribution >= 0.6 is 0 Å². The minimum Gasteiger partial charge on any atom is -0.455 e. The van der Waals surface area contributed by atoms with E-state index < -0.39 is 0 Å². The van der Waals surface area contributed by atoms with Crippen LogP contribution in [0.2, 0.25) is 0 Å². The van der Waals surface area contributed by atoms with Gasteiger partial charge in [-0.25, -0.2) is 10.3 Å². The van der Waals surface area contributed by atoms with Gasteiger partial charge in [0, 0.05) is 26.2 Å². The van der Waals surface area contributed by atoms with Crippen LogP contribution in [0.25, 0.3) is 0 Å². The third-order valence-corrected chi connectivity index (χ3v) is 4.09. The van der Waals surface area contributed by atoms with Gasteiger partial charge in [0.05, 0.1) is 6.34 Å². The predicted octanol–water partition coefficient (Wildman–Crippen LogP) is 0.491. The Morgan fingerprint density at radius 3 is 2.62 bits per heavy atom. The van der Waals surface area contributed by atoms with E-state index in [1.807, 2.05) is 30.3 Å². The van der Waals surface area contributed by atoms with Gasteiger partial charge in [0.2, 0.25) is 0 Å². The first-order chi connectivity index (χ1) is 10.2. The molecule has 114 valence electrons. The fourth-order valence-electron chi connectivity index (χ4n) is 2.67. The van der Waals surface area contributed by atoms with Gasteiger partial charge >= 0.3 is 0 Å². The molecule has 2 heterocycles. The lowest BCUT2D eigenvalue weighted by Crippen LogP contribution is -2.72. The second kappa shape index (κ2) is 6.01. The molecule has 0 saturated carbocycles. The van der Waals surface area contributed by atoms with Gasteiger partial charge in [-0.1, -0.05) is 18.2 Å². The molecule has 0 radical (unpaired) electrons. The van der Waals surface area contributed by atoms with E-state index in [9.17, 15) is 0 Å². The van der Waals surface area contributed by atoms with Crippen molar-refractivity contribution in [2.24, 2.45) is 4.99 Å². The van der Waals surface area contributed by atoms with E-state index in [-0.39, 0.29) is 12.1 Å². The van der Waals surface area contributed by atoms with E-state index >= 15 is 0 Å². The molecule has 2 atom stereocenters. The highest BCUT2D eigenvalue weighted by Gasteiger charge is 2.37. The molecule has 2 aliphatic rings. The monoisotopic (exact) mass is 289 g/mol. The number of nitrogens with zero attached hydrogens (tertiary/aromatic N) is 3. The average Bonchev–Trinajstić information content (AvgIpc) is 2.49. The highest BCUT2D eigenvalue weighted by Crippen LogP contribution is 2.17. The van der Waals surface area contributed by atoms with Crippen molar-refractivity contribution in [3.05, 3.63) is 30.3 Å². The summed E-state index contributed by atoms with van der Waals surface area (Å²) in [6.45, 7) is 6.29. The molecule has 21 heavy (non-hydrogen) atoms. The normalized spacial score (nSPS) is 30.9. The first-order valence-electron chi connectivity index (χ1n) is 7.38. The molecule has 2 unspecified atom stereocenters. The molecule has 2 aliphatic heterocycles. The molecule has 0 spiro atoms. The molecule has 6 heteroatoms. The Morgan fingerprint density at radius 1 is 1.19 bits per heavy atom. The van der Waals surface area contributed by atoms with Crippen molar-refractivity contribution >= 4 is 6.34 Å². The molecule has 1 saturated heterocycles. The second-order valence-corrected chi connectivity index (χ2v) is 5.71. The molecule has 1 fully saturated rings. The molecule has 1 aromatic rings. The number of para-hydroxylation sites is 1. The Hall–Kier alpha value is -1.63. The van der Waals surface area contributed by atoms with Gasteiger partial charge in [-0.15, -0.1) is 0 Å². The van der Waals surface area contributed by atoms with Gasteiger partial charge in [0.25, 0.3) is 6.35 Å². The quantitative estimate of drug-likeness (QED) is 0.848. The first-order valence-corrected chi connectivity index (χ1v) is 7.38. The number of ether oxygens (including phenoxy) is 1. The lowest BCUT2D eigenvalue weighted by Gasteiger charge is -2.47. The summed E-state index contributed by atoms with van der Waals surface area (Å²) in [5.41, 5.74) is 0. The van der Waals surface area contributed by atoms with Crippen LogP contribution in [0.5, 0.6) is 5.75 Å². The molecular formula is C15H23N5O. The summed E-state index contributed by atoms with van der Waals surface area (Å²) < 4.78 is 5.88. The van der Waals surface area contributed by atoms with Crippen molar-refractivity contribution in [3.63, 3.8) is 0 Å². The summed E-state index contributed by atoms with van der Waals surface area (Å²) in [6, 6.07) is 9.76. The zero-order valence-corrected chi connectivity index (χ0v) is 12.6. The van der Waals surface area contributed by atoms with Crippen molar-refractivity contribution in [2.75, 3.05) is 33.2 Å². The van der Waals surface area contributed by atoms with Gasteiger partial charge in [-0.3, -0.25) is 4.90 Å². The zero-order chi connectivity index (χ0) is 14.7. The van der Waals surface area contributed by atoms with E-state index in [1.54, 1.807) is 6.34 Å². The van der Waals surface area contributed by atoms with Crippen LogP contribution in [0, 0.1) is 0 Å². The number of hydrogen-bond donors (Lipinski definition) is 2. The number of likely N-dealkylation sites (N-methyl/N-ethyl adjacent to an activating group) is 1. The van der Waals surface area contributed by atoms with E-state index in [2.05, 4.69) is 39.4 Å². The van der Waals surface area contributed by atoms with Crippen molar-refractivity contribution in [3.8, 4) is 5.75 Å². The van der Waals surface area contributed by atoms with Gasteiger partial charge in [-0.2, -0.15) is 0 Å². The number of aliphatic imine (C=N–C) groups is 1. The van der Waals surface area contributed by atoms with Crippen molar-refractivity contribution < 1.29 is 4.74 Å². The molecule has 0 aromatic heterocycles. The highest BCUT2D eigenvalue weighted by molar-refractivity contribution is 5.56. The van der Waals surface area contributed by atoms with Crippen LogP contribution in [0.4, 0.5) is 0 Å². The summed E-state index contributed by atoms with van der Waals surface area (Å²) >= 11 is 0. The summed E-state index contributed by atoms with van der Waals surface area (Å²) in [6.07, 6.45) is 1.36. The average molecular weight is 289 g/mol. The van der Waals surface area contributed by atoms with Crippen LogP contribution < -0.4 is 15.4 Å². The Bertz CT molecular complexity index is 486. The summed E-state index contributed by atoms with van der Waals surface area (Å²) in [4.78, 5) is 9.05. The van der Waals surface area contributed by atoms with E-state index in [0.29, 0.717) is 0 Å². The Kier molecular flexibility index (Phi) is 4.10. The highest BCUT2D eigenvalue weighted by atomic mass is 16.5. The Balaban J connectivity index is 1.64. The Labute approximate surface area is 125 Å². The molecular weight excluding hydrogens is 266 g/mol. The zero-order valence-electron chi connectivity index (χ0n) is 12.6. The van der Waals surface area contributed by atoms with Crippen LogP contribution in [-0.2, 0) is 0 Å². The minimum atomic E-state index is -0.377. The van der Waals surface area contributed by atoms with Gasteiger partial charge < -0.3 is 15.0 Å². The topological polar surface area (TPSA) is 52.1 Å². The van der Waals surface area contributed by atoms with Crippen molar-refractivity contribution in [1.82, 2.24) is 20.4 Å². The molecule has 6 nitrogen and oxygen atoms in total. The van der Waals surface area contributed by atoms with Crippen LogP contribution in [0.3, 0.4) is 0 Å². The minimum absolute atomic E-state index is 0.331. The molecule has 1 aromatic carbocycles. The number of rotatable bonds is 3. The molecule has 0 bridgehead atoms. The molecule has 0 aliphatic carbocycles. The summed E-state index contributed by atoms with van der Waals surface area (Å²) in [7, 11) is 2.16. The van der Waals surface area contributed by atoms with E-state index in [1.165, 1.54) is 0 Å². The van der Waals surface area contributed by atoms with Gasteiger partial charge in [0.15, 0.2) is 0 Å². The van der Waals surface area contributed by atoms with E-state index in [0.717, 1.165) is 31.9 Å². The molecule has 3 rings (SSSR count). The third kappa shape index (κ3) is 3.34. The Morgan fingerprint density at radius 2 is 1.90 bits per heavy atom. The third-order valence-electron chi connectivity index (χ3n) is 4.09. The van der Waals surface area contributed by atoms with Crippen LogP contribution in [0.1, 0.15) is 6.92 Å². The second-order valence-electron chi connectivity index (χ2n) is 5.71. The fraction of sp³-hybridized carbons (Fsp3) is 0.533. The largest absolute Gasteiger partial charge is 0.455 e. The predicted molar refractivity (Wildman–Crippen MR) is 83.1 cm³/mol. The maximum absolute atomic E-state index is 5.88. The SMILES string of the molecule is CN1CCN(C2(C)NC=NC(Oc3ccccc3)N2)CC1. The summed E-state index contributed by atoms with van der Waals surface area (Å²) in [5, 5.41) is 6.76. The lowest BCUT2D eigenvalue weighted by atomic mass is 10.2. The van der Waals surface area contributed by atoms with Crippen molar-refractivity contribution in [1.29, 1.82) is 0 Å². The van der Waals surface area contributed by atoms with Crippen molar-refractivity contribution in [2.45, 2.75) is 19.1 Å². The lowest BCUT2D eigenvalue weighted by molar-refractivity contribution is -0.0235. The number of piperazine rings is 1. The maximum atomic E-state index is 5.88. The number of hydrogen-bond acceptors (Lipinski definition) is 6. The summed E-state index contributed by atoms with van der Waals surface area (Å²) in [5.74, 6) is 0.484. The van der Waals surface area contributed by atoms with Crippen LogP contribution in [-0.4, -0.2) is 61.5 Å². The number of benzene rings is 1. The standard InChI is InChI=1S/C15H23N5O/c1-15(20-10-8-19(2)9-11-20)17-12-16-14(18-15)21-13-6-4-3-5-7-13/h3-7,12,14,18H,8-11H2,1-2H3,(H,16,17).